The maximum atomic E-state index is 15.6. The van der Waals surface area contributed by atoms with Gasteiger partial charge in [-0.2, -0.15) is 0 Å². The molecule has 4 aromatic rings. The van der Waals surface area contributed by atoms with Crippen LogP contribution in [0.2, 0.25) is 0 Å². The van der Waals surface area contributed by atoms with Gasteiger partial charge in [0.1, 0.15) is 5.70 Å². The maximum Gasteiger partial charge on any atom is 0.268 e. The average molecular weight is 585 g/mol. The molecule has 0 bridgehead atoms. The number of hydrogen-bond donors (Lipinski definition) is 2. The Bertz CT molecular complexity index is 1680. The molecule has 0 saturated carbocycles. The number of nitrogens with one attached hydrogen (secondary N) is 2. The van der Waals surface area contributed by atoms with Gasteiger partial charge < -0.3 is 15.2 Å². The van der Waals surface area contributed by atoms with Gasteiger partial charge in [-0.05, 0) is 24.1 Å². The second kappa shape index (κ2) is 12.1. The van der Waals surface area contributed by atoms with E-state index < -0.39 is 34.8 Å². The van der Waals surface area contributed by atoms with E-state index >= 15 is 4.57 Å². The molecule has 5 rings (SSSR count). The summed E-state index contributed by atoms with van der Waals surface area (Å²) in [7, 11) is -7.09. The fourth-order valence-corrected chi connectivity index (χ4v) is 9.58. The SMILES string of the molecule is O=C(N[C@@H]1CCS(=O)(=O)C1)/C(NC(=O)c1ccccc1)=C(\c1ccccc1)P(=O)(c1ccccc1)c1ccccc1. The van der Waals surface area contributed by atoms with E-state index in [0.717, 1.165) is 0 Å². The van der Waals surface area contributed by atoms with Gasteiger partial charge in [0.15, 0.2) is 17.0 Å². The summed E-state index contributed by atoms with van der Waals surface area (Å²) in [5.74, 6) is -1.50. The lowest BCUT2D eigenvalue weighted by atomic mass is 10.1. The molecule has 0 unspecified atom stereocenters. The van der Waals surface area contributed by atoms with Gasteiger partial charge in [-0.3, -0.25) is 9.59 Å². The molecule has 2 amide bonds. The van der Waals surface area contributed by atoms with Crippen LogP contribution in [0.4, 0.5) is 0 Å². The lowest BCUT2D eigenvalue weighted by Gasteiger charge is -2.26. The Morgan fingerprint density at radius 1 is 0.683 bits per heavy atom. The van der Waals surface area contributed by atoms with Gasteiger partial charge in [0.25, 0.3) is 11.8 Å². The summed E-state index contributed by atoms with van der Waals surface area (Å²) in [5, 5.41) is 6.69. The van der Waals surface area contributed by atoms with Gasteiger partial charge in [0.05, 0.1) is 16.8 Å². The summed E-state index contributed by atoms with van der Waals surface area (Å²) in [4.78, 5) is 27.6. The zero-order chi connectivity index (χ0) is 28.9. The van der Waals surface area contributed by atoms with Crippen LogP contribution in [0, 0.1) is 0 Å². The van der Waals surface area contributed by atoms with Gasteiger partial charge in [0, 0.05) is 22.2 Å². The predicted molar refractivity (Wildman–Crippen MR) is 162 cm³/mol. The standard InChI is InChI=1S/C32H29N2O5PS/c35-31(25-15-7-2-8-16-25)34-29(32(36)33-26-21-22-41(38,39)23-26)30(24-13-5-1-6-14-24)40(37,27-17-9-3-10-18-27)28-19-11-4-12-20-28/h1-20,26H,21-23H2,(H,33,36)(H,34,35)/b30-29-/t26-/m1/s1. The molecule has 1 aliphatic rings. The average Bonchev–Trinajstić information content (AvgIpc) is 3.35. The zero-order valence-electron chi connectivity index (χ0n) is 22.1. The molecule has 0 aromatic heterocycles. The molecule has 2 N–H and O–H groups in total. The number of rotatable bonds is 8. The van der Waals surface area contributed by atoms with Crippen molar-refractivity contribution in [2.24, 2.45) is 0 Å². The first-order chi connectivity index (χ1) is 19.8. The Labute approximate surface area is 239 Å². The van der Waals surface area contributed by atoms with Crippen molar-refractivity contribution in [3.63, 3.8) is 0 Å². The summed E-state index contributed by atoms with van der Waals surface area (Å²) in [5.41, 5.74) is 0.606. The normalized spacial score (nSPS) is 16.8. The third-order valence-corrected chi connectivity index (χ3v) is 11.8. The van der Waals surface area contributed by atoms with Crippen LogP contribution in [0.1, 0.15) is 22.3 Å². The molecule has 1 fully saturated rings. The molecule has 9 heteroatoms. The van der Waals surface area contributed by atoms with Crippen LogP contribution in [-0.4, -0.2) is 37.8 Å². The molecular formula is C32H29N2O5PS. The first kappa shape index (κ1) is 28.3. The van der Waals surface area contributed by atoms with E-state index in [1.54, 1.807) is 103 Å². The van der Waals surface area contributed by atoms with Gasteiger partial charge in [-0.15, -0.1) is 0 Å². The number of sulfone groups is 1. The van der Waals surface area contributed by atoms with Gasteiger partial charge >= 0.3 is 0 Å². The minimum Gasteiger partial charge on any atom is -0.347 e. The number of benzene rings is 4. The fraction of sp³-hybridized carbons (Fsp3) is 0.125. The smallest absolute Gasteiger partial charge is 0.268 e. The van der Waals surface area contributed by atoms with Gasteiger partial charge in [-0.1, -0.05) is 109 Å². The minimum atomic E-state index is -3.80. The molecule has 1 atom stereocenters. The minimum absolute atomic E-state index is 0.0363. The number of hydrogen-bond acceptors (Lipinski definition) is 5. The Hall–Kier alpha value is -4.26. The van der Waals surface area contributed by atoms with Crippen LogP contribution in [0.15, 0.2) is 127 Å². The van der Waals surface area contributed by atoms with E-state index in [4.69, 9.17) is 0 Å². The van der Waals surface area contributed by atoms with Crippen molar-refractivity contribution in [3.05, 3.63) is 138 Å². The first-order valence-electron chi connectivity index (χ1n) is 13.2. The third-order valence-electron chi connectivity index (χ3n) is 6.91. The molecule has 0 radical (unpaired) electrons. The summed E-state index contributed by atoms with van der Waals surface area (Å²) < 4.78 is 40.0. The van der Waals surface area contributed by atoms with Crippen molar-refractivity contribution in [2.45, 2.75) is 12.5 Å². The van der Waals surface area contributed by atoms with Gasteiger partial charge in [-0.25, -0.2) is 8.42 Å². The van der Waals surface area contributed by atoms with E-state index in [1.807, 2.05) is 18.2 Å². The highest BCUT2D eigenvalue weighted by Gasteiger charge is 2.39. The van der Waals surface area contributed by atoms with E-state index in [1.165, 1.54) is 0 Å². The Morgan fingerprint density at radius 3 is 1.61 bits per heavy atom. The van der Waals surface area contributed by atoms with Crippen molar-refractivity contribution in [1.82, 2.24) is 10.6 Å². The quantitative estimate of drug-likeness (QED) is 0.240. The van der Waals surface area contributed by atoms with Crippen molar-refractivity contribution in [3.8, 4) is 0 Å². The molecular weight excluding hydrogens is 555 g/mol. The van der Waals surface area contributed by atoms with E-state index in [0.29, 0.717) is 21.7 Å². The van der Waals surface area contributed by atoms with Crippen molar-refractivity contribution in [2.75, 3.05) is 11.5 Å². The largest absolute Gasteiger partial charge is 0.347 e. The molecule has 1 aliphatic heterocycles. The maximum absolute atomic E-state index is 15.6. The van der Waals surface area contributed by atoms with Crippen LogP contribution in [-0.2, 0) is 19.2 Å². The van der Waals surface area contributed by atoms with E-state index in [2.05, 4.69) is 10.6 Å². The topological polar surface area (TPSA) is 109 Å². The molecule has 1 saturated heterocycles. The molecule has 0 aliphatic carbocycles. The number of carbonyl (C=O) groups is 2. The fourth-order valence-electron chi connectivity index (χ4n) is 4.93. The number of carbonyl (C=O) groups excluding carboxylic acids is 2. The van der Waals surface area contributed by atoms with Crippen LogP contribution in [0.25, 0.3) is 5.31 Å². The highest BCUT2D eigenvalue weighted by molar-refractivity contribution is 7.91. The molecule has 41 heavy (non-hydrogen) atoms. The Kier molecular flexibility index (Phi) is 8.34. The van der Waals surface area contributed by atoms with E-state index in [9.17, 15) is 18.0 Å². The van der Waals surface area contributed by atoms with Crippen molar-refractivity contribution < 1.29 is 22.6 Å². The molecule has 0 spiro atoms. The van der Waals surface area contributed by atoms with Crippen molar-refractivity contribution in [1.29, 1.82) is 0 Å². The second-order valence-corrected chi connectivity index (χ2v) is 14.7. The summed E-state index contributed by atoms with van der Waals surface area (Å²) in [6.07, 6.45) is 0.254. The van der Waals surface area contributed by atoms with E-state index in [-0.39, 0.29) is 28.9 Å². The van der Waals surface area contributed by atoms with Crippen LogP contribution < -0.4 is 21.2 Å². The zero-order valence-corrected chi connectivity index (χ0v) is 23.9. The molecule has 208 valence electrons. The predicted octanol–water partition coefficient (Wildman–Crippen LogP) is 4.10. The summed E-state index contributed by atoms with van der Waals surface area (Å²) in [6, 6.07) is 34.3. The van der Waals surface area contributed by atoms with Gasteiger partial charge in [0.2, 0.25) is 0 Å². The van der Waals surface area contributed by atoms with Crippen molar-refractivity contribution >= 4 is 44.7 Å². The van der Waals surface area contributed by atoms with Crippen LogP contribution >= 0.6 is 7.14 Å². The molecule has 1 heterocycles. The summed E-state index contributed by atoms with van der Waals surface area (Å²) >= 11 is 0. The van der Waals surface area contributed by atoms with Crippen LogP contribution in [0.3, 0.4) is 0 Å². The van der Waals surface area contributed by atoms with Crippen LogP contribution in [0.5, 0.6) is 0 Å². The Balaban J connectivity index is 1.78. The summed E-state index contributed by atoms with van der Waals surface area (Å²) in [6.45, 7) is 0. The lowest BCUT2D eigenvalue weighted by Crippen LogP contribution is -2.42. The Morgan fingerprint density at radius 2 is 1.15 bits per heavy atom. The number of amides is 2. The first-order valence-corrected chi connectivity index (χ1v) is 16.7. The monoisotopic (exact) mass is 584 g/mol. The highest BCUT2D eigenvalue weighted by Crippen LogP contribution is 2.57. The molecule has 7 nitrogen and oxygen atoms in total. The highest BCUT2D eigenvalue weighted by atomic mass is 32.2. The lowest BCUT2D eigenvalue weighted by molar-refractivity contribution is -0.118. The third kappa shape index (κ3) is 6.24. The molecule has 4 aromatic carbocycles. The second-order valence-electron chi connectivity index (χ2n) is 9.76.